The van der Waals surface area contributed by atoms with Crippen LogP contribution < -0.4 is 4.74 Å². The first kappa shape index (κ1) is 21.7. The maximum absolute atomic E-state index is 5.90. The number of methoxy groups -OCH3 is 1. The number of para-hydroxylation sites is 1. The van der Waals surface area contributed by atoms with E-state index in [0.717, 1.165) is 55.5 Å². The van der Waals surface area contributed by atoms with Gasteiger partial charge >= 0.3 is 0 Å². The van der Waals surface area contributed by atoms with Gasteiger partial charge in [0.1, 0.15) is 5.75 Å². The van der Waals surface area contributed by atoms with Gasteiger partial charge in [0.05, 0.1) is 13.8 Å². The highest BCUT2D eigenvalue weighted by Crippen LogP contribution is 2.26. The summed E-state index contributed by atoms with van der Waals surface area (Å²) in [5.41, 5.74) is 1.99. The van der Waals surface area contributed by atoms with Gasteiger partial charge in [0.2, 0.25) is 4.77 Å². The van der Waals surface area contributed by atoms with Crippen LogP contribution in [0.25, 0.3) is 17.1 Å². The van der Waals surface area contributed by atoms with Gasteiger partial charge in [-0.1, -0.05) is 44.2 Å². The topological polar surface area (TPSA) is 38.5 Å². The van der Waals surface area contributed by atoms with Gasteiger partial charge in [0.15, 0.2) is 5.82 Å². The molecule has 6 nitrogen and oxygen atoms in total. The molecule has 1 aliphatic heterocycles. The Hall–Kier alpha value is -2.48. The fourth-order valence-corrected chi connectivity index (χ4v) is 4.37. The summed E-state index contributed by atoms with van der Waals surface area (Å²) in [6.07, 6.45) is 0. The molecule has 0 unspecified atom stereocenters. The van der Waals surface area contributed by atoms with Gasteiger partial charge in [-0.2, -0.15) is 0 Å². The van der Waals surface area contributed by atoms with Crippen molar-refractivity contribution in [3.63, 3.8) is 0 Å². The maximum atomic E-state index is 5.90. The van der Waals surface area contributed by atoms with Crippen molar-refractivity contribution in [2.75, 3.05) is 39.8 Å². The van der Waals surface area contributed by atoms with Gasteiger partial charge in [0, 0.05) is 44.0 Å². The molecule has 1 aromatic heterocycles. The highest BCUT2D eigenvalue weighted by Gasteiger charge is 2.20. The SMILES string of the molecule is COc1cccc(-c2nn(CN3CCN(CC(C)C)CC3)c(=S)n2-c2ccccc2)c1. The zero-order chi connectivity index (χ0) is 21.8. The third kappa shape index (κ3) is 5.06. The van der Waals surface area contributed by atoms with Crippen molar-refractivity contribution in [3.05, 3.63) is 59.4 Å². The Balaban J connectivity index is 1.64. The lowest BCUT2D eigenvalue weighted by Gasteiger charge is -2.35. The van der Waals surface area contributed by atoms with Crippen molar-refractivity contribution in [1.29, 1.82) is 0 Å². The zero-order valence-corrected chi connectivity index (χ0v) is 19.4. The summed E-state index contributed by atoms with van der Waals surface area (Å²) in [6, 6.07) is 18.2. The molecule has 31 heavy (non-hydrogen) atoms. The van der Waals surface area contributed by atoms with E-state index in [9.17, 15) is 0 Å². The molecular formula is C24H31N5OS. The summed E-state index contributed by atoms with van der Waals surface area (Å²) in [7, 11) is 1.68. The molecule has 0 aliphatic carbocycles. The predicted octanol–water partition coefficient (Wildman–Crippen LogP) is 4.31. The van der Waals surface area contributed by atoms with Crippen molar-refractivity contribution in [1.82, 2.24) is 24.1 Å². The lowest BCUT2D eigenvalue weighted by molar-refractivity contribution is 0.0951. The van der Waals surface area contributed by atoms with Crippen molar-refractivity contribution in [2.24, 2.45) is 5.92 Å². The molecule has 0 saturated carbocycles. The van der Waals surface area contributed by atoms with Crippen molar-refractivity contribution in [3.8, 4) is 22.8 Å². The molecule has 4 rings (SSSR count). The van der Waals surface area contributed by atoms with Crippen molar-refractivity contribution < 1.29 is 4.74 Å². The van der Waals surface area contributed by atoms with Crippen LogP contribution >= 0.6 is 12.2 Å². The third-order valence-corrected chi connectivity index (χ3v) is 6.00. The number of aromatic nitrogens is 3. The first-order valence-electron chi connectivity index (χ1n) is 10.9. The fraction of sp³-hybridized carbons (Fsp3) is 0.417. The highest BCUT2D eigenvalue weighted by molar-refractivity contribution is 7.71. The molecule has 0 atom stereocenters. The van der Waals surface area contributed by atoms with Gasteiger partial charge in [0.25, 0.3) is 0 Å². The van der Waals surface area contributed by atoms with E-state index in [0.29, 0.717) is 17.4 Å². The average molecular weight is 438 g/mol. The summed E-state index contributed by atoms with van der Waals surface area (Å²) < 4.78 is 10.1. The molecule has 0 spiro atoms. The second kappa shape index (κ2) is 9.77. The minimum atomic E-state index is 0.700. The van der Waals surface area contributed by atoms with Crippen LogP contribution in [0.4, 0.5) is 0 Å². The van der Waals surface area contributed by atoms with E-state index in [1.807, 2.05) is 47.1 Å². The lowest BCUT2D eigenvalue weighted by atomic mass is 10.2. The molecule has 164 valence electrons. The van der Waals surface area contributed by atoms with E-state index in [4.69, 9.17) is 22.1 Å². The first-order valence-corrected chi connectivity index (χ1v) is 11.3. The van der Waals surface area contributed by atoms with Crippen LogP contribution in [0.1, 0.15) is 13.8 Å². The Kier molecular flexibility index (Phi) is 6.85. The summed E-state index contributed by atoms with van der Waals surface area (Å²) >= 11 is 5.90. The molecular weight excluding hydrogens is 406 g/mol. The monoisotopic (exact) mass is 437 g/mol. The molecule has 0 bridgehead atoms. The predicted molar refractivity (Wildman–Crippen MR) is 127 cm³/mol. The highest BCUT2D eigenvalue weighted by atomic mass is 32.1. The van der Waals surface area contributed by atoms with E-state index in [2.05, 4.69) is 40.3 Å². The normalized spacial score (nSPS) is 15.5. The Morgan fingerprint density at radius 2 is 1.68 bits per heavy atom. The molecule has 7 heteroatoms. The Bertz CT molecular complexity index is 1050. The summed E-state index contributed by atoms with van der Waals surface area (Å²) in [5.74, 6) is 2.33. The quantitative estimate of drug-likeness (QED) is 0.515. The van der Waals surface area contributed by atoms with E-state index in [-0.39, 0.29) is 0 Å². The molecule has 2 aromatic carbocycles. The Morgan fingerprint density at radius 3 is 2.35 bits per heavy atom. The summed E-state index contributed by atoms with van der Waals surface area (Å²) in [4.78, 5) is 4.98. The molecule has 0 amide bonds. The molecule has 1 aliphatic rings. The van der Waals surface area contributed by atoms with Crippen molar-refractivity contribution >= 4 is 12.2 Å². The third-order valence-electron chi connectivity index (χ3n) is 5.60. The Labute approximate surface area is 189 Å². The van der Waals surface area contributed by atoms with Crippen LogP contribution in [0.2, 0.25) is 0 Å². The minimum absolute atomic E-state index is 0.700. The number of ether oxygens (including phenoxy) is 1. The van der Waals surface area contributed by atoms with Crippen LogP contribution in [0.3, 0.4) is 0 Å². The van der Waals surface area contributed by atoms with Gasteiger partial charge < -0.3 is 9.64 Å². The number of piperazine rings is 1. The average Bonchev–Trinajstić information content (AvgIpc) is 3.11. The zero-order valence-electron chi connectivity index (χ0n) is 18.6. The molecule has 0 radical (unpaired) electrons. The van der Waals surface area contributed by atoms with Crippen LogP contribution in [0.15, 0.2) is 54.6 Å². The number of hydrogen-bond donors (Lipinski definition) is 0. The first-order chi connectivity index (χ1) is 15.0. The molecule has 0 N–H and O–H groups in total. The van der Waals surface area contributed by atoms with Crippen LogP contribution in [0.5, 0.6) is 5.75 Å². The number of hydrogen-bond acceptors (Lipinski definition) is 5. The van der Waals surface area contributed by atoms with E-state index < -0.39 is 0 Å². The lowest BCUT2D eigenvalue weighted by Crippen LogP contribution is -2.47. The molecule has 1 saturated heterocycles. The van der Waals surface area contributed by atoms with Crippen molar-refractivity contribution in [2.45, 2.75) is 20.5 Å². The van der Waals surface area contributed by atoms with E-state index in [1.165, 1.54) is 0 Å². The minimum Gasteiger partial charge on any atom is -0.497 e. The van der Waals surface area contributed by atoms with Crippen LogP contribution in [0, 0.1) is 10.7 Å². The number of benzene rings is 2. The standard InChI is InChI=1S/C24H31N5OS/c1-19(2)17-26-12-14-27(15-13-26)18-28-24(31)29(21-9-5-4-6-10-21)23(25-28)20-8-7-11-22(16-20)30-3/h4-11,16,19H,12-15,17-18H2,1-3H3. The number of rotatable bonds is 7. The van der Waals surface area contributed by atoms with Crippen LogP contribution in [-0.4, -0.2) is 64.0 Å². The van der Waals surface area contributed by atoms with E-state index >= 15 is 0 Å². The largest absolute Gasteiger partial charge is 0.497 e. The Morgan fingerprint density at radius 1 is 0.968 bits per heavy atom. The molecule has 1 fully saturated rings. The summed E-state index contributed by atoms with van der Waals surface area (Å²) in [6.45, 7) is 10.7. The van der Waals surface area contributed by atoms with Gasteiger partial charge in [-0.3, -0.25) is 9.47 Å². The van der Waals surface area contributed by atoms with E-state index in [1.54, 1.807) is 7.11 Å². The maximum Gasteiger partial charge on any atom is 0.204 e. The van der Waals surface area contributed by atoms with Gasteiger partial charge in [-0.15, -0.1) is 5.10 Å². The summed E-state index contributed by atoms with van der Waals surface area (Å²) in [5, 5.41) is 4.96. The second-order valence-electron chi connectivity index (χ2n) is 8.46. The molecule has 2 heterocycles. The molecule has 3 aromatic rings. The van der Waals surface area contributed by atoms with Crippen LogP contribution in [-0.2, 0) is 6.67 Å². The smallest absolute Gasteiger partial charge is 0.204 e. The fourth-order valence-electron chi connectivity index (χ4n) is 4.08. The van der Waals surface area contributed by atoms with Gasteiger partial charge in [-0.25, -0.2) is 4.68 Å². The number of nitrogens with zero attached hydrogens (tertiary/aromatic N) is 5. The van der Waals surface area contributed by atoms with Gasteiger partial charge in [-0.05, 0) is 42.4 Å². The second-order valence-corrected chi connectivity index (χ2v) is 8.83.